The second-order valence-electron chi connectivity index (χ2n) is 13.0. The molecule has 2 unspecified atom stereocenters. The number of likely N-dealkylation sites (tertiary alicyclic amines) is 1. The molecular weight excluding hydrogens is 654 g/mol. The number of rotatable bonds is 12. The van der Waals surface area contributed by atoms with Crippen LogP contribution in [0.1, 0.15) is 52.0 Å². The van der Waals surface area contributed by atoms with Gasteiger partial charge in [0.15, 0.2) is 0 Å². The molecule has 0 radical (unpaired) electrons. The normalized spacial score (nSPS) is 17.2. The molecule has 3 heterocycles. The van der Waals surface area contributed by atoms with E-state index in [4.69, 9.17) is 26.3 Å². The fourth-order valence-corrected chi connectivity index (χ4v) is 7.24. The van der Waals surface area contributed by atoms with Gasteiger partial charge in [0.05, 0.1) is 30.8 Å². The average molecular weight is 696 g/mol. The fourth-order valence-electron chi connectivity index (χ4n) is 7.11. The molecule has 2 saturated heterocycles. The molecule has 0 spiro atoms. The van der Waals surface area contributed by atoms with Gasteiger partial charge in [0.25, 0.3) is 5.91 Å². The number of methoxy groups -OCH3 is 1. The lowest BCUT2D eigenvalue weighted by Crippen LogP contribution is -2.45. The van der Waals surface area contributed by atoms with Crippen LogP contribution in [-0.4, -0.2) is 82.0 Å². The molecule has 2 fully saturated rings. The molecule has 2 aliphatic rings. The standard InChI is InChI=1S/C39H42ClN5O5/c1-50-35-13-6-5-11-29(35)21-36(46)45-20-8-7-12-30-24-44(25-34(30)45)39-41-22-32(33(42-39)19-16-27-9-3-2-4-10-27)38(49)43(26-37(47)48)23-28-14-17-31(40)18-15-28/h2-6,9-11,13-15,17-18,22,30,34H,7-8,12,16,19-21,23-26H2,1H3,(H,47,48). The molecular formula is C39H42ClN5O5. The number of anilines is 1. The number of para-hydroxylation sites is 1. The maximum atomic E-state index is 14.1. The lowest BCUT2D eigenvalue weighted by molar-refractivity contribution is -0.138. The van der Waals surface area contributed by atoms with E-state index >= 15 is 0 Å². The summed E-state index contributed by atoms with van der Waals surface area (Å²) in [4.78, 5) is 54.9. The minimum atomic E-state index is -1.11. The zero-order valence-corrected chi connectivity index (χ0v) is 29.0. The molecule has 1 N–H and O–H groups in total. The minimum absolute atomic E-state index is 0.0165. The Morgan fingerprint density at radius 2 is 1.70 bits per heavy atom. The third kappa shape index (κ3) is 8.42. The van der Waals surface area contributed by atoms with E-state index in [1.54, 1.807) is 37.6 Å². The van der Waals surface area contributed by atoms with E-state index in [0.29, 0.717) is 54.9 Å². The molecule has 0 saturated carbocycles. The van der Waals surface area contributed by atoms with Crippen LogP contribution in [0.5, 0.6) is 5.75 Å². The van der Waals surface area contributed by atoms with E-state index in [-0.39, 0.29) is 36.4 Å². The summed E-state index contributed by atoms with van der Waals surface area (Å²) in [6.45, 7) is 1.62. The lowest BCUT2D eigenvalue weighted by Gasteiger charge is -2.30. The van der Waals surface area contributed by atoms with E-state index < -0.39 is 18.4 Å². The van der Waals surface area contributed by atoms with Crippen LogP contribution in [-0.2, 0) is 35.4 Å². The summed E-state index contributed by atoms with van der Waals surface area (Å²) in [5.74, 6) is 0.00608. The number of aromatic nitrogens is 2. The number of aliphatic carboxylic acids is 1. The second-order valence-corrected chi connectivity index (χ2v) is 13.4. The van der Waals surface area contributed by atoms with Gasteiger partial charge >= 0.3 is 5.97 Å². The molecule has 1 aromatic heterocycles. The number of carboxylic acid groups (broad SMARTS) is 1. The van der Waals surface area contributed by atoms with Gasteiger partial charge in [-0.2, -0.15) is 0 Å². The number of halogens is 1. The van der Waals surface area contributed by atoms with Gasteiger partial charge in [-0.05, 0) is 60.9 Å². The molecule has 0 aliphatic carbocycles. The number of carboxylic acids is 1. The van der Waals surface area contributed by atoms with Crippen molar-refractivity contribution in [3.63, 3.8) is 0 Å². The number of hydrogen-bond acceptors (Lipinski definition) is 7. The number of fused-ring (bicyclic) bond motifs is 1. The third-order valence-corrected chi connectivity index (χ3v) is 9.90. The maximum absolute atomic E-state index is 14.1. The van der Waals surface area contributed by atoms with Crippen LogP contribution in [0.2, 0.25) is 5.02 Å². The van der Waals surface area contributed by atoms with Gasteiger partial charge in [0, 0.05) is 43.0 Å². The van der Waals surface area contributed by atoms with E-state index in [0.717, 1.165) is 36.0 Å². The molecule has 0 bridgehead atoms. The van der Waals surface area contributed by atoms with Crippen LogP contribution in [0, 0.1) is 5.92 Å². The van der Waals surface area contributed by atoms with Crippen molar-refractivity contribution in [1.82, 2.24) is 19.8 Å². The minimum Gasteiger partial charge on any atom is -0.496 e. The van der Waals surface area contributed by atoms with Crippen molar-refractivity contribution in [2.45, 2.75) is 51.1 Å². The SMILES string of the molecule is COc1ccccc1CC(=O)N1CCCCC2CN(c3ncc(C(=O)N(CC(=O)O)Cc4ccc(Cl)cc4)c(CCc4ccccc4)n3)CC21. The third-order valence-electron chi connectivity index (χ3n) is 9.65. The summed E-state index contributed by atoms with van der Waals surface area (Å²) in [5.41, 5.74) is 3.57. The fraction of sp³-hybridized carbons (Fsp3) is 0.359. The Balaban J connectivity index is 1.26. The molecule has 260 valence electrons. The summed E-state index contributed by atoms with van der Waals surface area (Å²) in [6, 6.07) is 24.6. The molecule has 2 atom stereocenters. The summed E-state index contributed by atoms with van der Waals surface area (Å²) >= 11 is 6.06. The summed E-state index contributed by atoms with van der Waals surface area (Å²) in [5, 5.41) is 10.3. The lowest BCUT2D eigenvalue weighted by atomic mass is 9.98. The number of benzene rings is 3. The van der Waals surface area contributed by atoms with Crippen molar-refractivity contribution >= 4 is 35.3 Å². The molecule has 50 heavy (non-hydrogen) atoms. The highest BCUT2D eigenvalue weighted by molar-refractivity contribution is 6.30. The van der Waals surface area contributed by atoms with E-state index in [1.807, 2.05) is 59.5 Å². The van der Waals surface area contributed by atoms with Crippen molar-refractivity contribution < 1.29 is 24.2 Å². The Morgan fingerprint density at radius 1 is 0.940 bits per heavy atom. The highest BCUT2D eigenvalue weighted by atomic mass is 35.5. The van der Waals surface area contributed by atoms with Crippen LogP contribution in [0.15, 0.2) is 85.1 Å². The zero-order chi connectivity index (χ0) is 35.0. The van der Waals surface area contributed by atoms with Gasteiger partial charge in [-0.15, -0.1) is 0 Å². The Bertz CT molecular complexity index is 1800. The van der Waals surface area contributed by atoms with Gasteiger partial charge in [-0.3, -0.25) is 14.4 Å². The molecule has 2 amide bonds. The van der Waals surface area contributed by atoms with Gasteiger partial charge in [0.1, 0.15) is 12.3 Å². The number of ether oxygens (including phenoxy) is 1. The van der Waals surface area contributed by atoms with Crippen molar-refractivity contribution in [2.75, 3.05) is 38.2 Å². The van der Waals surface area contributed by atoms with Crippen molar-refractivity contribution in [2.24, 2.45) is 5.92 Å². The van der Waals surface area contributed by atoms with Crippen LogP contribution in [0.4, 0.5) is 5.95 Å². The van der Waals surface area contributed by atoms with E-state index in [1.165, 1.54) is 4.90 Å². The molecule has 11 heteroatoms. The molecule has 6 rings (SSSR count). The molecule has 10 nitrogen and oxygen atoms in total. The highest BCUT2D eigenvalue weighted by Gasteiger charge is 2.41. The summed E-state index contributed by atoms with van der Waals surface area (Å²) in [6.07, 6.45) is 5.93. The number of aryl methyl sites for hydroxylation is 2. The average Bonchev–Trinajstić information content (AvgIpc) is 3.44. The quantitative estimate of drug-likeness (QED) is 0.200. The van der Waals surface area contributed by atoms with Gasteiger partial charge in [0.2, 0.25) is 11.9 Å². The first-order chi connectivity index (χ1) is 24.3. The van der Waals surface area contributed by atoms with Crippen molar-refractivity contribution in [1.29, 1.82) is 0 Å². The molecule has 2 aliphatic heterocycles. The predicted molar refractivity (Wildman–Crippen MR) is 191 cm³/mol. The zero-order valence-electron chi connectivity index (χ0n) is 28.2. The van der Waals surface area contributed by atoms with Gasteiger partial charge < -0.3 is 24.5 Å². The number of amides is 2. The predicted octanol–water partition coefficient (Wildman–Crippen LogP) is 5.71. The van der Waals surface area contributed by atoms with Crippen LogP contribution < -0.4 is 9.64 Å². The maximum Gasteiger partial charge on any atom is 0.323 e. The number of nitrogens with zero attached hydrogens (tertiary/aromatic N) is 5. The van der Waals surface area contributed by atoms with Crippen LogP contribution >= 0.6 is 11.6 Å². The van der Waals surface area contributed by atoms with Crippen LogP contribution in [0.25, 0.3) is 0 Å². The monoisotopic (exact) mass is 695 g/mol. The van der Waals surface area contributed by atoms with Gasteiger partial charge in [-0.1, -0.05) is 78.7 Å². The Hall–Kier alpha value is -4.96. The smallest absolute Gasteiger partial charge is 0.323 e. The van der Waals surface area contributed by atoms with Crippen LogP contribution in [0.3, 0.4) is 0 Å². The molecule has 4 aromatic rings. The topological polar surface area (TPSA) is 116 Å². The number of carbonyl (C=O) groups excluding carboxylic acids is 2. The first kappa shape index (κ1) is 34.9. The second kappa shape index (κ2) is 16.2. The number of hydrogen-bond donors (Lipinski definition) is 1. The Labute approximate surface area is 297 Å². The first-order valence-electron chi connectivity index (χ1n) is 17.1. The van der Waals surface area contributed by atoms with Crippen molar-refractivity contribution in [3.8, 4) is 5.75 Å². The van der Waals surface area contributed by atoms with Crippen molar-refractivity contribution in [3.05, 3.63) is 118 Å². The number of carbonyl (C=O) groups is 3. The van der Waals surface area contributed by atoms with Gasteiger partial charge in [-0.25, -0.2) is 9.97 Å². The van der Waals surface area contributed by atoms with E-state index in [2.05, 4.69) is 4.90 Å². The summed E-state index contributed by atoms with van der Waals surface area (Å²) < 4.78 is 5.52. The summed E-state index contributed by atoms with van der Waals surface area (Å²) in [7, 11) is 1.62. The Morgan fingerprint density at radius 3 is 2.46 bits per heavy atom. The van der Waals surface area contributed by atoms with E-state index in [9.17, 15) is 19.5 Å². The Kier molecular flexibility index (Phi) is 11.3. The molecule has 3 aromatic carbocycles. The first-order valence-corrected chi connectivity index (χ1v) is 17.5. The highest BCUT2D eigenvalue weighted by Crippen LogP contribution is 2.33. The largest absolute Gasteiger partial charge is 0.496 e.